The number of hydrogen-bond acceptors (Lipinski definition) is 2. The molecule has 0 aromatic carbocycles. The Morgan fingerprint density at radius 1 is 1.18 bits per heavy atom. The molecule has 0 saturated carbocycles. The molecule has 0 saturated heterocycles. The van der Waals surface area contributed by atoms with Crippen LogP contribution in [0.4, 0.5) is 0 Å². The van der Waals surface area contributed by atoms with Crippen molar-refractivity contribution in [3.8, 4) is 0 Å². The van der Waals surface area contributed by atoms with E-state index < -0.39 is 9.74 Å². The van der Waals surface area contributed by atoms with Crippen molar-refractivity contribution in [2.45, 2.75) is 45.8 Å². The molecule has 0 aromatic heterocycles. The molecule has 0 aromatic rings. The van der Waals surface area contributed by atoms with E-state index in [1.54, 1.807) is 0 Å². The molecule has 0 heterocycles. The fourth-order valence-electron chi connectivity index (χ4n) is 1.34. The molecule has 11 heavy (non-hydrogen) atoms. The molecule has 0 fully saturated rings. The fraction of sp³-hybridized carbons (Fsp3) is 1.00. The molecule has 0 aliphatic rings. The van der Waals surface area contributed by atoms with E-state index in [0.717, 1.165) is 6.42 Å². The molecule has 0 bridgehead atoms. The third-order valence-electron chi connectivity index (χ3n) is 1.41. The summed E-state index contributed by atoms with van der Waals surface area (Å²) in [6, 6.07) is 0. The Labute approximate surface area is 77.0 Å². The molecule has 1 unspecified atom stereocenters. The van der Waals surface area contributed by atoms with Crippen molar-refractivity contribution in [1.82, 2.24) is 0 Å². The van der Waals surface area contributed by atoms with Gasteiger partial charge in [0.1, 0.15) is 0 Å². The van der Waals surface area contributed by atoms with Crippen molar-refractivity contribution in [1.29, 1.82) is 0 Å². The Hall–Kier alpha value is 0.530. The predicted octanol–water partition coefficient (Wildman–Crippen LogP) is 2.41. The molecule has 0 aliphatic heterocycles. The Bertz CT molecular complexity index is 156. The van der Waals surface area contributed by atoms with Crippen molar-refractivity contribution < 1.29 is 4.55 Å². The number of hydrogen-bond donors (Lipinski definition) is 0. The molecule has 0 radical (unpaired) electrons. The Balaban J connectivity index is 4.25. The van der Waals surface area contributed by atoms with E-state index in [9.17, 15) is 4.55 Å². The van der Waals surface area contributed by atoms with Crippen molar-refractivity contribution in [2.24, 2.45) is 5.41 Å². The predicted molar refractivity (Wildman–Crippen MR) is 53.7 cm³/mol. The van der Waals surface area contributed by atoms with E-state index >= 15 is 0 Å². The first kappa shape index (κ1) is 11.5. The summed E-state index contributed by atoms with van der Waals surface area (Å²) in [4.78, 5) is 0. The summed E-state index contributed by atoms with van der Waals surface area (Å²) in [7, 11) is -1.14. The van der Waals surface area contributed by atoms with Gasteiger partial charge in [-0.1, -0.05) is 45.8 Å². The average molecular weight is 193 g/mol. The highest BCUT2D eigenvalue weighted by Gasteiger charge is 2.24. The minimum atomic E-state index is -1.14. The fourth-order valence-corrected chi connectivity index (χ4v) is 2.06. The van der Waals surface area contributed by atoms with Gasteiger partial charge < -0.3 is 4.55 Å². The van der Waals surface area contributed by atoms with Crippen LogP contribution in [0.15, 0.2) is 0 Å². The van der Waals surface area contributed by atoms with Crippen molar-refractivity contribution in [2.75, 3.05) is 0 Å². The Morgan fingerprint density at radius 3 is 1.64 bits per heavy atom. The monoisotopic (exact) mass is 193 g/mol. The molecule has 0 N–H and O–H groups in total. The van der Waals surface area contributed by atoms with Crippen LogP contribution >= 0.6 is 0 Å². The van der Waals surface area contributed by atoms with Crippen LogP contribution in [0.2, 0.25) is 0 Å². The lowest BCUT2D eigenvalue weighted by molar-refractivity contribution is 0.332. The van der Waals surface area contributed by atoms with Crippen LogP contribution in [0.5, 0.6) is 0 Å². The van der Waals surface area contributed by atoms with Gasteiger partial charge in [-0.25, -0.2) is 9.74 Å². The van der Waals surface area contributed by atoms with Gasteiger partial charge in [-0.2, -0.15) is 0 Å². The summed E-state index contributed by atoms with van der Waals surface area (Å²) in [6.07, 6.45) is 0.899. The molecular formula is C8H17OS2-. The summed E-state index contributed by atoms with van der Waals surface area (Å²) in [5.41, 5.74) is 0.206. The van der Waals surface area contributed by atoms with E-state index in [4.69, 9.17) is 11.2 Å². The lowest BCUT2D eigenvalue weighted by Gasteiger charge is -2.36. The first-order valence-corrected chi connectivity index (χ1v) is 5.82. The number of rotatable bonds is 2. The molecular weight excluding hydrogens is 176 g/mol. The average Bonchev–Trinajstić information content (AvgIpc) is 1.56. The quantitative estimate of drug-likeness (QED) is 0.672. The van der Waals surface area contributed by atoms with Crippen molar-refractivity contribution in [3.63, 3.8) is 0 Å². The van der Waals surface area contributed by atoms with Gasteiger partial charge >= 0.3 is 0 Å². The minimum Gasteiger partial charge on any atom is -0.794 e. The Kier molecular flexibility index (Phi) is 3.67. The molecule has 0 amide bonds. The summed E-state index contributed by atoms with van der Waals surface area (Å²) in [5.74, 6) is 0. The van der Waals surface area contributed by atoms with Gasteiger partial charge in [0.2, 0.25) is 0 Å². The standard InChI is InChI=1S/C8H18OS2/c1-7(2,3)6-8(4,5)11(9)10/h6H2,1-5H3,(H,9,10)/p-1. The molecule has 68 valence electrons. The highest BCUT2D eigenvalue weighted by Crippen LogP contribution is 2.30. The van der Waals surface area contributed by atoms with Crippen LogP contribution in [-0.2, 0) is 20.9 Å². The summed E-state index contributed by atoms with van der Waals surface area (Å²) in [6.45, 7) is 10.3. The zero-order valence-corrected chi connectivity index (χ0v) is 9.56. The van der Waals surface area contributed by atoms with E-state index in [1.165, 1.54) is 0 Å². The largest absolute Gasteiger partial charge is 0.794 e. The third kappa shape index (κ3) is 4.88. The van der Waals surface area contributed by atoms with Crippen molar-refractivity contribution >= 4 is 20.9 Å². The third-order valence-corrected chi connectivity index (χ3v) is 3.81. The van der Waals surface area contributed by atoms with Crippen LogP contribution in [0, 0.1) is 5.41 Å². The second kappa shape index (κ2) is 3.50. The van der Waals surface area contributed by atoms with Crippen LogP contribution in [0.25, 0.3) is 0 Å². The molecule has 0 rings (SSSR count). The Morgan fingerprint density at radius 2 is 1.55 bits per heavy atom. The van der Waals surface area contributed by atoms with Crippen LogP contribution in [-0.4, -0.2) is 9.30 Å². The molecule has 1 atom stereocenters. The normalized spacial score (nSPS) is 16.5. The topological polar surface area (TPSA) is 23.1 Å². The maximum absolute atomic E-state index is 11.1. The summed E-state index contributed by atoms with van der Waals surface area (Å²) in [5, 5.41) is 0. The maximum Gasteiger partial charge on any atom is 0.00205 e. The lowest BCUT2D eigenvalue weighted by Crippen LogP contribution is -2.31. The highest BCUT2D eigenvalue weighted by atomic mass is 32.8. The molecule has 3 heteroatoms. The maximum atomic E-state index is 11.1. The summed E-state index contributed by atoms with van der Waals surface area (Å²) >= 11 is 4.76. The van der Waals surface area contributed by atoms with Gasteiger partial charge in [0, 0.05) is 4.75 Å². The first-order valence-electron chi connectivity index (χ1n) is 3.74. The second-order valence-corrected chi connectivity index (χ2v) is 7.21. The van der Waals surface area contributed by atoms with E-state index in [2.05, 4.69) is 20.8 Å². The van der Waals surface area contributed by atoms with E-state index in [-0.39, 0.29) is 10.2 Å². The van der Waals surface area contributed by atoms with Crippen LogP contribution in [0.3, 0.4) is 0 Å². The van der Waals surface area contributed by atoms with E-state index in [0.29, 0.717) is 0 Å². The first-order chi connectivity index (χ1) is 4.65. The molecule has 0 spiro atoms. The van der Waals surface area contributed by atoms with E-state index in [1.807, 2.05) is 13.8 Å². The van der Waals surface area contributed by atoms with Gasteiger partial charge in [-0.15, -0.1) is 0 Å². The zero-order valence-electron chi connectivity index (χ0n) is 7.93. The van der Waals surface area contributed by atoms with Crippen LogP contribution in [0.1, 0.15) is 41.0 Å². The van der Waals surface area contributed by atoms with Gasteiger partial charge in [0.25, 0.3) is 0 Å². The molecule has 1 nitrogen and oxygen atoms in total. The van der Waals surface area contributed by atoms with Crippen LogP contribution < -0.4 is 0 Å². The smallest absolute Gasteiger partial charge is 0.00205 e. The van der Waals surface area contributed by atoms with Gasteiger partial charge in [-0.3, -0.25) is 0 Å². The van der Waals surface area contributed by atoms with Gasteiger partial charge in [0.15, 0.2) is 0 Å². The van der Waals surface area contributed by atoms with Crippen molar-refractivity contribution in [3.05, 3.63) is 0 Å². The van der Waals surface area contributed by atoms with Gasteiger partial charge in [-0.05, 0) is 11.8 Å². The SMILES string of the molecule is CC(C)(C)CC(C)(C)S([O-])=S. The molecule has 0 aliphatic carbocycles. The highest BCUT2D eigenvalue weighted by molar-refractivity contribution is 8.26. The minimum absolute atomic E-state index is 0.206. The lowest BCUT2D eigenvalue weighted by atomic mass is 9.86. The summed E-state index contributed by atoms with van der Waals surface area (Å²) < 4.78 is 10.8. The zero-order chi connectivity index (χ0) is 9.28. The second-order valence-electron chi connectivity index (χ2n) is 4.73. The van der Waals surface area contributed by atoms with Gasteiger partial charge in [0.05, 0.1) is 0 Å².